The Morgan fingerprint density at radius 2 is 2.33 bits per heavy atom. The van der Waals surface area contributed by atoms with Crippen LogP contribution < -0.4 is 4.90 Å². The summed E-state index contributed by atoms with van der Waals surface area (Å²) in [4.78, 5) is 12.1. The first-order valence-corrected chi connectivity index (χ1v) is 4.43. The minimum absolute atomic E-state index is 0.427. The smallest absolute Gasteiger partial charge is 0.139 e. The van der Waals surface area contributed by atoms with Gasteiger partial charge in [0.25, 0.3) is 0 Å². The summed E-state index contributed by atoms with van der Waals surface area (Å²) in [6, 6.07) is 7.84. The fourth-order valence-corrected chi connectivity index (χ4v) is 1.32. The molecule has 12 heavy (non-hydrogen) atoms. The molecule has 0 aliphatic carbocycles. The number of halogens is 1. The number of carbonyl (C=O) groups excluding carboxylic acids is 1. The predicted octanol–water partition coefficient (Wildman–Crippen LogP) is 2.08. The van der Waals surface area contributed by atoms with Crippen LogP contribution in [0.1, 0.15) is 0 Å². The summed E-state index contributed by atoms with van der Waals surface area (Å²) in [5.41, 5.74) is 1.04. The van der Waals surface area contributed by atoms with Crippen molar-refractivity contribution in [3.8, 4) is 0 Å². The molecule has 2 nitrogen and oxygen atoms in total. The molecule has 1 aromatic rings. The summed E-state index contributed by atoms with van der Waals surface area (Å²) in [5.74, 6) is 0. The Morgan fingerprint density at radius 1 is 1.58 bits per heavy atom. The first kappa shape index (κ1) is 9.26. The van der Waals surface area contributed by atoms with Gasteiger partial charge in [0.2, 0.25) is 0 Å². The fourth-order valence-electron chi connectivity index (χ4n) is 0.931. The second-order valence-electron chi connectivity index (χ2n) is 2.53. The lowest BCUT2D eigenvalue weighted by Crippen LogP contribution is -2.18. The Kier molecular flexibility index (Phi) is 3.29. The summed E-state index contributed by atoms with van der Waals surface area (Å²) >= 11 is 3.37. The lowest BCUT2D eigenvalue weighted by molar-refractivity contribution is -0.106. The van der Waals surface area contributed by atoms with Crippen LogP contribution in [0.2, 0.25) is 0 Å². The van der Waals surface area contributed by atoms with Crippen molar-refractivity contribution in [1.82, 2.24) is 0 Å². The van der Waals surface area contributed by atoms with Gasteiger partial charge in [0, 0.05) is 17.2 Å². The average Bonchev–Trinajstić information content (AvgIpc) is 2.05. The van der Waals surface area contributed by atoms with Crippen LogP contribution in [0.5, 0.6) is 0 Å². The maximum Gasteiger partial charge on any atom is 0.139 e. The molecule has 0 bridgehead atoms. The van der Waals surface area contributed by atoms with Gasteiger partial charge in [-0.3, -0.25) is 0 Å². The van der Waals surface area contributed by atoms with E-state index < -0.39 is 0 Å². The normalized spacial score (nSPS) is 9.50. The van der Waals surface area contributed by atoms with Gasteiger partial charge in [0.15, 0.2) is 0 Å². The number of nitrogens with zero attached hydrogens (tertiary/aromatic N) is 1. The zero-order valence-electron chi connectivity index (χ0n) is 6.83. The van der Waals surface area contributed by atoms with E-state index in [1.807, 2.05) is 36.2 Å². The SMILES string of the molecule is CN(CC=O)c1cccc(Br)c1. The van der Waals surface area contributed by atoms with E-state index in [-0.39, 0.29) is 0 Å². The molecule has 0 saturated carbocycles. The molecule has 0 atom stereocenters. The highest BCUT2D eigenvalue weighted by atomic mass is 79.9. The number of benzene rings is 1. The van der Waals surface area contributed by atoms with Gasteiger partial charge in [0.1, 0.15) is 6.29 Å². The molecular weight excluding hydrogens is 218 g/mol. The van der Waals surface area contributed by atoms with E-state index in [1.165, 1.54) is 0 Å². The molecule has 3 heteroatoms. The fraction of sp³-hybridized carbons (Fsp3) is 0.222. The summed E-state index contributed by atoms with van der Waals surface area (Å²) in [7, 11) is 1.89. The number of hydrogen-bond acceptors (Lipinski definition) is 2. The summed E-state index contributed by atoms with van der Waals surface area (Å²) in [6.07, 6.45) is 0.890. The molecule has 0 aliphatic heterocycles. The first-order valence-electron chi connectivity index (χ1n) is 3.64. The van der Waals surface area contributed by atoms with E-state index in [4.69, 9.17) is 0 Å². The van der Waals surface area contributed by atoms with E-state index in [1.54, 1.807) is 0 Å². The zero-order valence-corrected chi connectivity index (χ0v) is 8.41. The first-order chi connectivity index (χ1) is 5.74. The molecule has 64 valence electrons. The molecule has 0 radical (unpaired) electrons. The summed E-state index contributed by atoms with van der Waals surface area (Å²) in [5, 5.41) is 0. The zero-order chi connectivity index (χ0) is 8.97. The molecule has 0 saturated heterocycles. The van der Waals surface area contributed by atoms with E-state index in [0.29, 0.717) is 6.54 Å². The maximum absolute atomic E-state index is 10.2. The van der Waals surface area contributed by atoms with Crippen LogP contribution in [-0.2, 0) is 4.79 Å². The molecule has 1 aromatic carbocycles. The van der Waals surface area contributed by atoms with Crippen molar-refractivity contribution >= 4 is 27.9 Å². The van der Waals surface area contributed by atoms with Crippen LogP contribution in [0, 0.1) is 0 Å². The third kappa shape index (κ3) is 2.34. The molecule has 0 aromatic heterocycles. The summed E-state index contributed by atoms with van der Waals surface area (Å²) in [6.45, 7) is 0.427. The minimum Gasteiger partial charge on any atom is -0.368 e. The Hall–Kier alpha value is -0.830. The van der Waals surface area contributed by atoms with Crippen LogP contribution in [0.15, 0.2) is 28.7 Å². The van der Waals surface area contributed by atoms with Crippen LogP contribution in [0.25, 0.3) is 0 Å². The second-order valence-corrected chi connectivity index (χ2v) is 3.44. The van der Waals surface area contributed by atoms with Crippen LogP contribution in [0.4, 0.5) is 5.69 Å². The van der Waals surface area contributed by atoms with E-state index >= 15 is 0 Å². The van der Waals surface area contributed by atoms with Crippen LogP contribution in [-0.4, -0.2) is 19.9 Å². The molecule has 0 aliphatic rings. The summed E-state index contributed by atoms with van der Waals surface area (Å²) < 4.78 is 1.03. The van der Waals surface area contributed by atoms with Gasteiger partial charge in [-0.15, -0.1) is 0 Å². The number of carbonyl (C=O) groups is 1. The quantitative estimate of drug-likeness (QED) is 0.738. The predicted molar refractivity (Wildman–Crippen MR) is 53.5 cm³/mol. The number of anilines is 1. The number of likely N-dealkylation sites (N-methyl/N-ethyl adjacent to an activating group) is 1. The van der Waals surface area contributed by atoms with Gasteiger partial charge in [-0.25, -0.2) is 0 Å². The standard InChI is InChI=1S/C9H10BrNO/c1-11(5-6-12)9-4-2-3-8(10)7-9/h2-4,6-7H,5H2,1H3. The molecule has 0 spiro atoms. The maximum atomic E-state index is 10.2. The van der Waals surface area contributed by atoms with Crippen molar-refractivity contribution < 1.29 is 4.79 Å². The van der Waals surface area contributed by atoms with Crippen LogP contribution in [0.3, 0.4) is 0 Å². The average molecular weight is 228 g/mol. The lowest BCUT2D eigenvalue weighted by Gasteiger charge is -2.15. The van der Waals surface area contributed by atoms with Crippen molar-refractivity contribution in [2.45, 2.75) is 0 Å². The lowest BCUT2D eigenvalue weighted by atomic mass is 10.3. The Labute approximate surface area is 80.3 Å². The largest absolute Gasteiger partial charge is 0.368 e. The highest BCUT2D eigenvalue weighted by molar-refractivity contribution is 9.10. The Bertz CT molecular complexity index is 275. The van der Waals surface area contributed by atoms with Crippen molar-refractivity contribution in [2.24, 2.45) is 0 Å². The molecule has 1 rings (SSSR count). The van der Waals surface area contributed by atoms with Gasteiger partial charge >= 0.3 is 0 Å². The van der Waals surface area contributed by atoms with Crippen LogP contribution >= 0.6 is 15.9 Å². The van der Waals surface area contributed by atoms with Gasteiger partial charge in [-0.2, -0.15) is 0 Å². The molecule has 0 fully saturated rings. The molecule has 0 heterocycles. The highest BCUT2D eigenvalue weighted by Gasteiger charge is 1.98. The highest BCUT2D eigenvalue weighted by Crippen LogP contribution is 2.17. The van der Waals surface area contributed by atoms with E-state index in [2.05, 4.69) is 15.9 Å². The number of rotatable bonds is 3. The van der Waals surface area contributed by atoms with Crippen molar-refractivity contribution in [1.29, 1.82) is 0 Å². The number of hydrogen-bond donors (Lipinski definition) is 0. The van der Waals surface area contributed by atoms with Crippen molar-refractivity contribution in [3.63, 3.8) is 0 Å². The Balaban J connectivity index is 2.80. The van der Waals surface area contributed by atoms with Gasteiger partial charge in [0.05, 0.1) is 6.54 Å². The molecular formula is C9H10BrNO. The van der Waals surface area contributed by atoms with E-state index in [9.17, 15) is 4.79 Å². The minimum atomic E-state index is 0.427. The van der Waals surface area contributed by atoms with Gasteiger partial charge in [-0.05, 0) is 18.2 Å². The second kappa shape index (κ2) is 4.26. The van der Waals surface area contributed by atoms with Crippen molar-refractivity contribution in [3.05, 3.63) is 28.7 Å². The topological polar surface area (TPSA) is 20.3 Å². The third-order valence-corrected chi connectivity index (χ3v) is 2.09. The molecule has 0 amide bonds. The molecule has 0 unspecified atom stereocenters. The van der Waals surface area contributed by atoms with Crippen molar-refractivity contribution in [2.75, 3.05) is 18.5 Å². The number of aldehydes is 1. The van der Waals surface area contributed by atoms with E-state index in [0.717, 1.165) is 16.4 Å². The monoisotopic (exact) mass is 227 g/mol. The van der Waals surface area contributed by atoms with Gasteiger partial charge in [-0.1, -0.05) is 22.0 Å². The Morgan fingerprint density at radius 3 is 2.92 bits per heavy atom. The van der Waals surface area contributed by atoms with Gasteiger partial charge < -0.3 is 9.69 Å². The molecule has 0 N–H and O–H groups in total. The third-order valence-electron chi connectivity index (χ3n) is 1.60.